The molecule has 3 heterocycles. The Hall–Kier alpha value is -2.87. The third kappa shape index (κ3) is 3.35. The monoisotopic (exact) mass is 396 g/mol. The van der Waals surface area contributed by atoms with Crippen molar-refractivity contribution in [2.75, 3.05) is 19.9 Å². The lowest BCUT2D eigenvalue weighted by Crippen LogP contribution is -2.31. The van der Waals surface area contributed by atoms with Gasteiger partial charge in [0, 0.05) is 12.7 Å². The fourth-order valence-electron chi connectivity index (χ4n) is 3.45. The van der Waals surface area contributed by atoms with Crippen molar-refractivity contribution < 1.29 is 14.1 Å². The van der Waals surface area contributed by atoms with Gasteiger partial charge in [0.05, 0.1) is 18.2 Å². The van der Waals surface area contributed by atoms with Crippen LogP contribution in [0.3, 0.4) is 0 Å². The third-order valence-electron chi connectivity index (χ3n) is 4.78. The van der Waals surface area contributed by atoms with Crippen molar-refractivity contribution in [2.45, 2.75) is 23.9 Å². The largest absolute Gasteiger partial charge is 0.496 e. The number of nitrogens with zero attached hydrogens (tertiary/aromatic N) is 4. The van der Waals surface area contributed by atoms with Crippen molar-refractivity contribution in [1.29, 1.82) is 0 Å². The second-order valence-corrected chi connectivity index (χ2v) is 7.17. The van der Waals surface area contributed by atoms with Gasteiger partial charge in [-0.3, -0.25) is 4.79 Å². The molecule has 7 nitrogen and oxygen atoms in total. The van der Waals surface area contributed by atoms with Crippen LogP contribution in [0.4, 0.5) is 0 Å². The molecule has 28 heavy (non-hydrogen) atoms. The first-order valence-corrected chi connectivity index (χ1v) is 10.2. The van der Waals surface area contributed by atoms with E-state index in [1.807, 2.05) is 36.6 Å². The first kappa shape index (κ1) is 18.5. The van der Waals surface area contributed by atoms with E-state index >= 15 is 0 Å². The van der Waals surface area contributed by atoms with Crippen LogP contribution in [-0.2, 0) is 0 Å². The number of hydrogen-bond acceptors (Lipinski definition) is 7. The first-order chi connectivity index (χ1) is 13.7. The van der Waals surface area contributed by atoms with Crippen molar-refractivity contribution in [2.24, 2.45) is 0 Å². The Bertz CT molecular complexity index is 991. The first-order valence-electron chi connectivity index (χ1n) is 9.00. The topological polar surface area (TPSA) is 81.4 Å². The Balaban J connectivity index is 1.63. The van der Waals surface area contributed by atoms with E-state index < -0.39 is 0 Å². The van der Waals surface area contributed by atoms with E-state index in [0.717, 1.165) is 23.4 Å². The van der Waals surface area contributed by atoms with E-state index in [9.17, 15) is 4.79 Å². The molecule has 1 atom stereocenters. The molecule has 0 aliphatic carbocycles. The standard InChI is InChI=1S/C20H20N4O3S/c1-26-16-10-4-3-7-13(16)17-22-18(27-23-17)15-9-6-12-24(15)20(25)14-8-5-11-21-19(14)28-2/h3-5,7-8,10-11,15H,6,9,12H2,1-2H3. The van der Waals surface area contributed by atoms with Crippen LogP contribution >= 0.6 is 11.8 Å². The van der Waals surface area contributed by atoms with Crippen molar-refractivity contribution in [1.82, 2.24) is 20.0 Å². The number of likely N-dealkylation sites (tertiary alicyclic amines) is 1. The number of carbonyl (C=O) groups is 1. The van der Waals surface area contributed by atoms with Crippen molar-refractivity contribution >= 4 is 17.7 Å². The van der Waals surface area contributed by atoms with Crippen molar-refractivity contribution in [3.05, 3.63) is 54.0 Å². The molecule has 0 radical (unpaired) electrons. The summed E-state index contributed by atoms with van der Waals surface area (Å²) < 4.78 is 10.9. The van der Waals surface area contributed by atoms with Crippen LogP contribution in [0.25, 0.3) is 11.4 Å². The summed E-state index contributed by atoms with van der Waals surface area (Å²) >= 11 is 1.46. The number of rotatable bonds is 5. The molecule has 0 spiro atoms. The number of benzene rings is 1. The highest BCUT2D eigenvalue weighted by Gasteiger charge is 2.35. The molecule has 1 aliphatic rings. The zero-order valence-electron chi connectivity index (χ0n) is 15.7. The summed E-state index contributed by atoms with van der Waals surface area (Å²) in [5.41, 5.74) is 1.36. The van der Waals surface area contributed by atoms with E-state index in [0.29, 0.717) is 29.6 Å². The van der Waals surface area contributed by atoms with Gasteiger partial charge >= 0.3 is 0 Å². The Morgan fingerprint density at radius 1 is 1.29 bits per heavy atom. The zero-order chi connectivity index (χ0) is 19.5. The van der Waals surface area contributed by atoms with Crippen LogP contribution in [0, 0.1) is 0 Å². The van der Waals surface area contributed by atoms with Gasteiger partial charge in [-0.15, -0.1) is 11.8 Å². The predicted molar refractivity (Wildman–Crippen MR) is 105 cm³/mol. The summed E-state index contributed by atoms with van der Waals surface area (Å²) in [5.74, 6) is 1.52. The smallest absolute Gasteiger partial charge is 0.257 e. The Labute approximate surface area is 167 Å². The molecule has 144 valence electrons. The minimum absolute atomic E-state index is 0.0583. The van der Waals surface area contributed by atoms with Gasteiger partial charge in [-0.1, -0.05) is 17.3 Å². The number of thioether (sulfide) groups is 1. The average molecular weight is 396 g/mol. The molecule has 0 saturated carbocycles. The van der Waals surface area contributed by atoms with Gasteiger partial charge in [-0.25, -0.2) is 4.98 Å². The van der Waals surface area contributed by atoms with Crippen molar-refractivity contribution in [3.8, 4) is 17.1 Å². The number of hydrogen-bond donors (Lipinski definition) is 0. The SMILES string of the molecule is COc1ccccc1-c1noc(C2CCCN2C(=O)c2cccnc2SC)n1. The average Bonchev–Trinajstić information content (AvgIpc) is 3.42. The molecule has 0 bridgehead atoms. The van der Waals surface area contributed by atoms with Crippen LogP contribution < -0.4 is 4.74 Å². The Morgan fingerprint density at radius 3 is 2.96 bits per heavy atom. The highest BCUT2D eigenvalue weighted by molar-refractivity contribution is 7.98. The lowest BCUT2D eigenvalue weighted by atomic mass is 10.2. The van der Waals surface area contributed by atoms with E-state index in [1.165, 1.54) is 11.8 Å². The molecule has 1 saturated heterocycles. The van der Waals surface area contributed by atoms with Crippen LogP contribution in [0.15, 0.2) is 52.1 Å². The summed E-state index contributed by atoms with van der Waals surface area (Å²) in [6, 6.07) is 10.9. The number of pyridine rings is 1. The van der Waals surface area contributed by atoms with Crippen molar-refractivity contribution in [3.63, 3.8) is 0 Å². The second-order valence-electron chi connectivity index (χ2n) is 6.37. The van der Waals surface area contributed by atoms with Gasteiger partial charge in [0.1, 0.15) is 16.8 Å². The van der Waals surface area contributed by atoms with Crippen LogP contribution in [0.5, 0.6) is 5.75 Å². The van der Waals surface area contributed by atoms with Crippen LogP contribution in [0.1, 0.15) is 35.1 Å². The molecule has 8 heteroatoms. The van der Waals surface area contributed by atoms with E-state index in [4.69, 9.17) is 9.26 Å². The van der Waals surface area contributed by atoms with Crippen LogP contribution in [0.2, 0.25) is 0 Å². The van der Waals surface area contributed by atoms with Gasteiger partial charge in [0.2, 0.25) is 11.7 Å². The second kappa shape index (κ2) is 8.02. The maximum atomic E-state index is 13.2. The van der Waals surface area contributed by atoms with E-state index in [1.54, 1.807) is 24.3 Å². The number of para-hydroxylation sites is 1. The maximum absolute atomic E-state index is 13.2. The lowest BCUT2D eigenvalue weighted by molar-refractivity contribution is 0.0705. The fraction of sp³-hybridized carbons (Fsp3) is 0.300. The van der Waals surface area contributed by atoms with E-state index in [2.05, 4.69) is 15.1 Å². The number of ether oxygens (including phenoxy) is 1. The summed E-state index contributed by atoms with van der Waals surface area (Å²) in [6.07, 6.45) is 5.28. The Morgan fingerprint density at radius 2 is 2.14 bits per heavy atom. The molecule has 1 aromatic carbocycles. The molecule has 1 fully saturated rings. The van der Waals surface area contributed by atoms with E-state index in [-0.39, 0.29) is 11.9 Å². The summed E-state index contributed by atoms with van der Waals surface area (Å²) in [6.45, 7) is 0.651. The molecular weight excluding hydrogens is 376 g/mol. The zero-order valence-corrected chi connectivity index (χ0v) is 16.5. The summed E-state index contributed by atoms with van der Waals surface area (Å²) in [7, 11) is 1.61. The minimum Gasteiger partial charge on any atom is -0.496 e. The molecule has 1 amide bonds. The fourth-order valence-corrected chi connectivity index (χ4v) is 3.99. The predicted octanol–water partition coefficient (Wildman–Crippen LogP) is 3.84. The molecule has 1 aliphatic heterocycles. The Kier molecular flexibility index (Phi) is 5.29. The highest BCUT2D eigenvalue weighted by atomic mass is 32.2. The summed E-state index contributed by atoms with van der Waals surface area (Å²) in [4.78, 5) is 23.8. The number of aromatic nitrogens is 3. The van der Waals surface area contributed by atoms with Crippen LogP contribution in [-0.4, -0.2) is 45.8 Å². The van der Waals surface area contributed by atoms with Gasteiger partial charge in [-0.2, -0.15) is 4.98 Å². The molecule has 0 N–H and O–H groups in total. The normalized spacial score (nSPS) is 16.4. The molecule has 4 rings (SSSR count). The molecule has 1 unspecified atom stereocenters. The third-order valence-corrected chi connectivity index (χ3v) is 5.50. The van der Waals surface area contributed by atoms with Gasteiger partial charge in [0.25, 0.3) is 5.91 Å². The van der Waals surface area contributed by atoms with Gasteiger partial charge in [-0.05, 0) is 43.4 Å². The number of carbonyl (C=O) groups excluding carboxylic acids is 1. The quantitative estimate of drug-likeness (QED) is 0.606. The summed E-state index contributed by atoms with van der Waals surface area (Å²) in [5, 5.41) is 4.84. The molecular formula is C20H20N4O3S. The van der Waals surface area contributed by atoms with Gasteiger partial charge in [0.15, 0.2) is 0 Å². The number of amides is 1. The lowest BCUT2D eigenvalue weighted by Gasteiger charge is -2.22. The number of methoxy groups -OCH3 is 1. The maximum Gasteiger partial charge on any atom is 0.257 e. The minimum atomic E-state index is -0.238. The molecule has 2 aromatic heterocycles. The highest BCUT2D eigenvalue weighted by Crippen LogP contribution is 2.35. The van der Waals surface area contributed by atoms with Gasteiger partial charge < -0.3 is 14.2 Å². The molecule has 3 aromatic rings.